The van der Waals surface area contributed by atoms with Crippen molar-refractivity contribution in [2.75, 3.05) is 12.3 Å². The van der Waals surface area contributed by atoms with Gasteiger partial charge in [-0.3, -0.25) is 4.79 Å². The second-order valence-electron chi connectivity index (χ2n) is 7.40. The summed E-state index contributed by atoms with van der Waals surface area (Å²) in [6.07, 6.45) is 1.58. The zero-order valence-electron chi connectivity index (χ0n) is 18.6. The molecule has 0 saturated heterocycles. The summed E-state index contributed by atoms with van der Waals surface area (Å²) in [7, 11) is 0. The summed E-state index contributed by atoms with van der Waals surface area (Å²) in [5.74, 6) is 0.148. The number of carbonyl (C=O) groups is 1. The van der Waals surface area contributed by atoms with E-state index in [4.69, 9.17) is 15.1 Å². The molecule has 1 amide bonds. The number of benzene rings is 3. The van der Waals surface area contributed by atoms with E-state index in [0.717, 1.165) is 16.3 Å². The van der Waals surface area contributed by atoms with Gasteiger partial charge in [-0.2, -0.15) is 9.78 Å². The number of carbonyl (C=O) groups excluding carboxylic acids is 1. The highest BCUT2D eigenvalue weighted by Gasteiger charge is 2.25. The van der Waals surface area contributed by atoms with Crippen LogP contribution in [0.2, 0.25) is 0 Å². The van der Waals surface area contributed by atoms with Gasteiger partial charge in [0.15, 0.2) is 5.69 Å². The molecule has 0 aliphatic carbocycles. The number of hydrogen-bond donors (Lipinski definition) is 2. The fraction of sp³-hybridized carbons (Fsp3) is 0.0833. The van der Waals surface area contributed by atoms with Crippen molar-refractivity contribution in [3.63, 3.8) is 0 Å². The number of nitrogens with two attached hydrogens (primary N) is 1. The number of ether oxygens (including phenoxy) is 1. The Hall–Kier alpha value is -5.06. The molecule has 35 heavy (non-hydrogen) atoms. The van der Waals surface area contributed by atoms with Gasteiger partial charge in [0.1, 0.15) is 11.4 Å². The van der Waals surface area contributed by atoms with Crippen molar-refractivity contribution in [1.29, 1.82) is 0 Å². The molecule has 5 rings (SSSR count). The van der Waals surface area contributed by atoms with Crippen LogP contribution in [0.3, 0.4) is 0 Å². The van der Waals surface area contributed by atoms with Gasteiger partial charge in [0, 0.05) is 11.1 Å². The van der Waals surface area contributed by atoms with E-state index >= 15 is 0 Å². The van der Waals surface area contributed by atoms with E-state index in [1.54, 1.807) is 30.5 Å². The van der Waals surface area contributed by atoms with Gasteiger partial charge in [-0.05, 0) is 40.1 Å². The van der Waals surface area contributed by atoms with E-state index in [2.05, 4.69) is 31.2 Å². The number of nitrogens with one attached hydrogen (secondary N) is 1. The summed E-state index contributed by atoms with van der Waals surface area (Å²) in [5, 5.41) is 21.7. The molecule has 0 spiro atoms. The lowest BCUT2D eigenvalue weighted by atomic mass is 10.1. The van der Waals surface area contributed by atoms with E-state index in [0.29, 0.717) is 23.6 Å². The Balaban J connectivity index is 1.50. The minimum absolute atomic E-state index is 0.00181. The van der Waals surface area contributed by atoms with Gasteiger partial charge in [0.05, 0.1) is 12.8 Å². The molecule has 3 N–H and O–H groups in total. The van der Waals surface area contributed by atoms with Gasteiger partial charge < -0.3 is 10.5 Å². The predicted octanol–water partition coefficient (Wildman–Crippen LogP) is 3.22. The predicted molar refractivity (Wildman–Crippen MR) is 129 cm³/mol. The number of anilines is 1. The van der Waals surface area contributed by atoms with Crippen molar-refractivity contribution in [3.05, 3.63) is 78.0 Å². The number of nitrogens with zero attached hydrogens (tertiary/aromatic N) is 6. The fourth-order valence-corrected chi connectivity index (χ4v) is 3.66. The van der Waals surface area contributed by atoms with Gasteiger partial charge in [0.2, 0.25) is 11.6 Å². The first kappa shape index (κ1) is 21.8. The summed E-state index contributed by atoms with van der Waals surface area (Å²) in [6, 6.07) is 20.9. The zero-order valence-corrected chi connectivity index (χ0v) is 18.6. The van der Waals surface area contributed by atoms with Gasteiger partial charge in [-0.25, -0.2) is 10.1 Å². The topological polar surface area (TPSA) is 146 Å². The van der Waals surface area contributed by atoms with Crippen LogP contribution >= 0.6 is 0 Å². The van der Waals surface area contributed by atoms with Gasteiger partial charge >= 0.3 is 0 Å². The van der Waals surface area contributed by atoms with Crippen LogP contribution in [0.15, 0.2) is 76.5 Å². The monoisotopic (exact) mass is 468 g/mol. The number of fused-ring (bicyclic) bond motifs is 1. The lowest BCUT2D eigenvalue weighted by Crippen LogP contribution is -2.19. The smallest absolute Gasteiger partial charge is 0.294 e. The van der Waals surface area contributed by atoms with Crippen molar-refractivity contribution in [2.45, 2.75) is 6.92 Å². The van der Waals surface area contributed by atoms with E-state index < -0.39 is 5.91 Å². The Morgan fingerprint density at radius 2 is 1.97 bits per heavy atom. The molecule has 2 aromatic heterocycles. The number of hydrazone groups is 1. The molecule has 0 atom stereocenters. The van der Waals surface area contributed by atoms with Crippen LogP contribution in [0.5, 0.6) is 5.75 Å². The Morgan fingerprint density at radius 3 is 2.80 bits per heavy atom. The molecule has 11 nitrogen and oxygen atoms in total. The van der Waals surface area contributed by atoms with Crippen LogP contribution in [0.4, 0.5) is 5.82 Å². The minimum atomic E-state index is -0.570. The SMILES string of the molecule is CCOc1cccc(-c2c(C(=O)N/N=C\c3cccc4ccccc34)nnn2-c2nonc2N)c1. The average molecular weight is 468 g/mol. The highest BCUT2D eigenvalue weighted by Crippen LogP contribution is 2.29. The van der Waals surface area contributed by atoms with Crippen molar-refractivity contribution in [3.8, 4) is 22.8 Å². The first-order chi connectivity index (χ1) is 17.2. The van der Waals surface area contributed by atoms with Crippen LogP contribution in [0.1, 0.15) is 23.0 Å². The summed E-state index contributed by atoms with van der Waals surface area (Å²) >= 11 is 0. The molecule has 0 saturated carbocycles. The molecule has 3 aromatic carbocycles. The molecule has 0 radical (unpaired) electrons. The van der Waals surface area contributed by atoms with Crippen LogP contribution < -0.4 is 15.9 Å². The number of aromatic nitrogens is 5. The first-order valence-electron chi connectivity index (χ1n) is 10.7. The molecule has 11 heteroatoms. The first-order valence-corrected chi connectivity index (χ1v) is 10.7. The lowest BCUT2D eigenvalue weighted by Gasteiger charge is -2.08. The van der Waals surface area contributed by atoms with Crippen LogP contribution in [-0.2, 0) is 0 Å². The maximum absolute atomic E-state index is 13.1. The average Bonchev–Trinajstić information content (AvgIpc) is 3.50. The summed E-state index contributed by atoms with van der Waals surface area (Å²) in [5.41, 5.74) is 10.2. The second kappa shape index (κ2) is 9.43. The van der Waals surface area contributed by atoms with Crippen molar-refractivity contribution in [1.82, 2.24) is 30.7 Å². The molecule has 2 heterocycles. The standard InChI is InChI=1S/C24H20N8O3/c1-2-34-18-11-6-9-16(13-18)21-20(27-31-32(21)23-22(25)29-35-30-23)24(33)28-26-14-17-10-5-8-15-7-3-4-12-19(15)17/h3-14H,2H2,1H3,(H2,25,29)(H,28,33)/b26-14-. The molecule has 174 valence electrons. The third-order valence-corrected chi connectivity index (χ3v) is 5.19. The Bertz CT molecular complexity index is 1530. The molecule has 5 aromatic rings. The third-order valence-electron chi connectivity index (χ3n) is 5.19. The normalized spacial score (nSPS) is 11.2. The number of amides is 1. The maximum atomic E-state index is 13.1. The third kappa shape index (κ3) is 4.29. The number of rotatable bonds is 7. The van der Waals surface area contributed by atoms with Crippen LogP contribution in [-0.4, -0.2) is 44.0 Å². The molecule has 0 bridgehead atoms. The molecule has 0 aliphatic rings. The zero-order chi connectivity index (χ0) is 24.2. The molecular formula is C24H20N8O3. The largest absolute Gasteiger partial charge is 0.494 e. The van der Waals surface area contributed by atoms with Crippen LogP contribution in [0, 0.1) is 0 Å². The summed E-state index contributed by atoms with van der Waals surface area (Å²) in [4.78, 5) is 13.1. The second-order valence-corrected chi connectivity index (χ2v) is 7.40. The van der Waals surface area contributed by atoms with E-state index in [1.165, 1.54) is 4.68 Å². The van der Waals surface area contributed by atoms with E-state index in [1.807, 2.05) is 49.4 Å². The molecule has 0 aliphatic heterocycles. The van der Waals surface area contributed by atoms with Gasteiger partial charge in [-0.1, -0.05) is 59.8 Å². The van der Waals surface area contributed by atoms with Crippen molar-refractivity contribution in [2.24, 2.45) is 5.10 Å². The van der Waals surface area contributed by atoms with E-state index in [-0.39, 0.29) is 17.3 Å². The molecule has 0 unspecified atom stereocenters. The Morgan fingerprint density at radius 1 is 1.14 bits per heavy atom. The summed E-state index contributed by atoms with van der Waals surface area (Å²) < 4.78 is 11.6. The van der Waals surface area contributed by atoms with Gasteiger partial charge in [0.25, 0.3) is 5.91 Å². The fourth-order valence-electron chi connectivity index (χ4n) is 3.66. The highest BCUT2D eigenvalue weighted by molar-refractivity contribution is 6.01. The quantitative estimate of drug-likeness (QED) is 0.273. The molecular weight excluding hydrogens is 448 g/mol. The Kier molecular flexibility index (Phi) is 5.87. The molecule has 0 fully saturated rings. The summed E-state index contributed by atoms with van der Waals surface area (Å²) in [6.45, 7) is 2.37. The van der Waals surface area contributed by atoms with E-state index in [9.17, 15) is 4.79 Å². The minimum Gasteiger partial charge on any atom is -0.494 e. The maximum Gasteiger partial charge on any atom is 0.294 e. The van der Waals surface area contributed by atoms with Crippen molar-refractivity contribution < 1.29 is 14.2 Å². The number of hydrogen-bond acceptors (Lipinski definition) is 9. The van der Waals surface area contributed by atoms with Crippen molar-refractivity contribution >= 4 is 28.7 Å². The highest BCUT2D eigenvalue weighted by atomic mass is 16.6. The number of nitrogen functional groups attached to an aromatic ring is 1. The Labute approximate surface area is 199 Å². The van der Waals surface area contributed by atoms with Gasteiger partial charge in [-0.15, -0.1) is 5.10 Å². The lowest BCUT2D eigenvalue weighted by molar-refractivity contribution is 0.0950. The van der Waals surface area contributed by atoms with Crippen LogP contribution in [0.25, 0.3) is 27.8 Å².